The van der Waals surface area contributed by atoms with Gasteiger partial charge in [0.1, 0.15) is 0 Å². The van der Waals surface area contributed by atoms with Gasteiger partial charge in [-0.3, -0.25) is 0 Å². The minimum Gasteiger partial charge on any atom is -0.479 e. The molecule has 0 unspecified atom stereocenters. The van der Waals surface area contributed by atoms with Crippen molar-refractivity contribution in [1.82, 2.24) is 0 Å². The predicted octanol–water partition coefficient (Wildman–Crippen LogP) is 2.15. The van der Waals surface area contributed by atoms with Crippen LogP contribution in [0.4, 0.5) is 0 Å². The second kappa shape index (κ2) is 5.61. The maximum absolute atomic E-state index is 11.1. The van der Waals surface area contributed by atoms with Crippen molar-refractivity contribution in [2.24, 2.45) is 0 Å². The molecular formula is C10H18O3S. The number of thioether (sulfide) groups is 1. The van der Waals surface area contributed by atoms with Gasteiger partial charge < -0.3 is 9.84 Å². The number of rotatable bonds is 5. The molecular weight excluding hydrogens is 200 g/mol. The van der Waals surface area contributed by atoms with Crippen LogP contribution >= 0.6 is 11.8 Å². The fraction of sp³-hybridized carbons (Fsp3) is 0.900. The normalized spacial score (nSPS) is 20.6. The third-order valence-electron chi connectivity index (χ3n) is 2.57. The van der Waals surface area contributed by atoms with E-state index in [4.69, 9.17) is 9.84 Å². The summed E-state index contributed by atoms with van der Waals surface area (Å²) in [6.07, 6.45) is 3.29. The standard InChI is InChI=1S/C10H18O3S/c1-2-3-6-13-10(9(11)12)4-7-14-8-5-10/h2-8H2,1H3,(H,11,12). The predicted molar refractivity (Wildman–Crippen MR) is 57.8 cm³/mol. The molecule has 14 heavy (non-hydrogen) atoms. The Morgan fingerprint density at radius 3 is 2.64 bits per heavy atom. The number of hydrogen-bond donors (Lipinski definition) is 1. The van der Waals surface area contributed by atoms with Gasteiger partial charge in [-0.05, 0) is 30.8 Å². The summed E-state index contributed by atoms with van der Waals surface area (Å²) in [5, 5.41) is 9.15. The van der Waals surface area contributed by atoms with E-state index in [0.29, 0.717) is 19.4 Å². The van der Waals surface area contributed by atoms with Crippen LogP contribution < -0.4 is 0 Å². The van der Waals surface area contributed by atoms with Gasteiger partial charge in [-0.15, -0.1) is 0 Å². The quantitative estimate of drug-likeness (QED) is 0.718. The summed E-state index contributed by atoms with van der Waals surface area (Å²) in [5.74, 6) is 1.02. The van der Waals surface area contributed by atoms with Gasteiger partial charge in [-0.1, -0.05) is 13.3 Å². The highest BCUT2D eigenvalue weighted by Crippen LogP contribution is 2.30. The molecule has 0 radical (unpaired) electrons. The Morgan fingerprint density at radius 1 is 1.50 bits per heavy atom. The second-order valence-electron chi connectivity index (χ2n) is 3.61. The van der Waals surface area contributed by atoms with E-state index in [0.717, 1.165) is 24.3 Å². The molecule has 1 saturated heterocycles. The summed E-state index contributed by atoms with van der Waals surface area (Å²) in [6, 6.07) is 0. The Kier molecular flexibility index (Phi) is 4.75. The smallest absolute Gasteiger partial charge is 0.336 e. The lowest BCUT2D eigenvalue weighted by molar-refractivity contribution is -0.167. The zero-order valence-corrected chi connectivity index (χ0v) is 9.44. The lowest BCUT2D eigenvalue weighted by Gasteiger charge is -2.32. The Morgan fingerprint density at radius 2 is 2.14 bits per heavy atom. The Labute approximate surface area is 89.2 Å². The van der Waals surface area contributed by atoms with Crippen LogP contribution in [0.15, 0.2) is 0 Å². The van der Waals surface area contributed by atoms with E-state index in [1.54, 1.807) is 0 Å². The molecule has 1 fully saturated rings. The molecule has 0 amide bonds. The summed E-state index contributed by atoms with van der Waals surface area (Å²) in [5.41, 5.74) is -0.875. The van der Waals surface area contributed by atoms with Crippen LogP contribution in [0, 0.1) is 0 Å². The second-order valence-corrected chi connectivity index (χ2v) is 4.84. The van der Waals surface area contributed by atoms with Crippen molar-refractivity contribution in [2.45, 2.75) is 38.2 Å². The number of unbranched alkanes of at least 4 members (excludes halogenated alkanes) is 1. The molecule has 3 nitrogen and oxygen atoms in total. The first-order chi connectivity index (χ1) is 6.71. The van der Waals surface area contributed by atoms with Crippen LogP contribution in [0.3, 0.4) is 0 Å². The van der Waals surface area contributed by atoms with Gasteiger partial charge in [0.15, 0.2) is 5.60 Å². The van der Waals surface area contributed by atoms with Crippen molar-refractivity contribution >= 4 is 17.7 Å². The number of aliphatic carboxylic acids is 1. The molecule has 4 heteroatoms. The van der Waals surface area contributed by atoms with E-state index < -0.39 is 11.6 Å². The third-order valence-corrected chi connectivity index (χ3v) is 3.55. The molecule has 0 aromatic heterocycles. The zero-order chi connectivity index (χ0) is 10.4. The van der Waals surface area contributed by atoms with E-state index >= 15 is 0 Å². The van der Waals surface area contributed by atoms with Gasteiger partial charge in [0.25, 0.3) is 0 Å². The fourth-order valence-corrected chi connectivity index (χ4v) is 2.69. The van der Waals surface area contributed by atoms with Gasteiger partial charge in [0.2, 0.25) is 0 Å². The summed E-state index contributed by atoms with van der Waals surface area (Å²) < 4.78 is 5.56. The molecule has 0 spiro atoms. The molecule has 1 aliphatic heterocycles. The summed E-state index contributed by atoms with van der Waals surface area (Å²) in [7, 11) is 0. The van der Waals surface area contributed by atoms with Crippen LogP contribution in [0.5, 0.6) is 0 Å². The Hall–Kier alpha value is -0.220. The lowest BCUT2D eigenvalue weighted by atomic mass is 9.96. The molecule has 0 aromatic rings. The van der Waals surface area contributed by atoms with Crippen molar-refractivity contribution < 1.29 is 14.6 Å². The van der Waals surface area contributed by atoms with Gasteiger partial charge in [0, 0.05) is 6.61 Å². The Balaban J connectivity index is 2.47. The molecule has 0 atom stereocenters. The third kappa shape index (κ3) is 2.89. The highest BCUT2D eigenvalue weighted by atomic mass is 32.2. The van der Waals surface area contributed by atoms with Gasteiger partial charge >= 0.3 is 5.97 Å². The molecule has 1 N–H and O–H groups in total. The number of carboxylic acid groups (broad SMARTS) is 1. The van der Waals surface area contributed by atoms with Crippen molar-refractivity contribution in [3.63, 3.8) is 0 Å². The summed E-state index contributed by atoms with van der Waals surface area (Å²) in [4.78, 5) is 11.1. The highest BCUT2D eigenvalue weighted by molar-refractivity contribution is 7.99. The highest BCUT2D eigenvalue weighted by Gasteiger charge is 2.40. The zero-order valence-electron chi connectivity index (χ0n) is 8.62. The number of hydrogen-bond acceptors (Lipinski definition) is 3. The maximum atomic E-state index is 11.1. The molecule has 1 aliphatic rings. The lowest BCUT2D eigenvalue weighted by Crippen LogP contribution is -2.45. The molecule has 82 valence electrons. The SMILES string of the molecule is CCCCOC1(C(=O)O)CCSCC1. The monoisotopic (exact) mass is 218 g/mol. The largest absolute Gasteiger partial charge is 0.479 e. The molecule has 0 aliphatic carbocycles. The minimum absolute atomic E-state index is 0.577. The number of carbonyl (C=O) groups is 1. The van der Waals surface area contributed by atoms with Crippen LogP contribution in [-0.2, 0) is 9.53 Å². The molecule has 0 saturated carbocycles. The van der Waals surface area contributed by atoms with E-state index in [-0.39, 0.29) is 0 Å². The number of carboxylic acids is 1. The molecule has 0 bridgehead atoms. The van der Waals surface area contributed by atoms with Crippen LogP contribution in [0.1, 0.15) is 32.6 Å². The summed E-state index contributed by atoms with van der Waals surface area (Å²) >= 11 is 1.81. The van der Waals surface area contributed by atoms with E-state index in [1.165, 1.54) is 0 Å². The first-order valence-corrected chi connectivity index (χ1v) is 6.32. The topological polar surface area (TPSA) is 46.5 Å². The van der Waals surface area contributed by atoms with E-state index in [1.807, 2.05) is 11.8 Å². The summed E-state index contributed by atoms with van der Waals surface area (Å²) in [6.45, 7) is 2.65. The molecule has 1 rings (SSSR count). The van der Waals surface area contributed by atoms with E-state index in [9.17, 15) is 4.79 Å². The first kappa shape index (κ1) is 11.9. The van der Waals surface area contributed by atoms with Gasteiger partial charge in [0.05, 0.1) is 0 Å². The van der Waals surface area contributed by atoms with Gasteiger partial charge in [-0.2, -0.15) is 11.8 Å². The van der Waals surface area contributed by atoms with Crippen molar-refractivity contribution in [3.05, 3.63) is 0 Å². The number of ether oxygens (including phenoxy) is 1. The van der Waals surface area contributed by atoms with Crippen LogP contribution in [-0.4, -0.2) is 34.8 Å². The average Bonchev–Trinajstić information content (AvgIpc) is 2.19. The first-order valence-electron chi connectivity index (χ1n) is 5.16. The molecule has 1 heterocycles. The fourth-order valence-electron chi connectivity index (χ4n) is 1.53. The van der Waals surface area contributed by atoms with E-state index in [2.05, 4.69) is 6.92 Å². The van der Waals surface area contributed by atoms with Crippen molar-refractivity contribution in [2.75, 3.05) is 18.1 Å². The maximum Gasteiger partial charge on any atom is 0.336 e. The molecule has 0 aromatic carbocycles. The van der Waals surface area contributed by atoms with Crippen LogP contribution in [0.25, 0.3) is 0 Å². The van der Waals surface area contributed by atoms with Crippen molar-refractivity contribution in [1.29, 1.82) is 0 Å². The Bertz CT molecular complexity index is 188. The van der Waals surface area contributed by atoms with Crippen LogP contribution in [0.2, 0.25) is 0 Å². The van der Waals surface area contributed by atoms with Gasteiger partial charge in [-0.25, -0.2) is 4.79 Å². The minimum atomic E-state index is -0.875. The van der Waals surface area contributed by atoms with Crippen molar-refractivity contribution in [3.8, 4) is 0 Å². The average molecular weight is 218 g/mol.